The highest BCUT2D eigenvalue weighted by atomic mass is 19.1. The number of amides is 2. The minimum Gasteiger partial charge on any atom is -0.484 e. The molecule has 0 spiro atoms. The molecule has 0 unspecified atom stereocenters. The lowest BCUT2D eigenvalue weighted by Crippen LogP contribution is -2.32. The molecule has 0 aliphatic heterocycles. The molecule has 174 valence electrons. The number of aryl methyl sites for hydroxylation is 1. The molecule has 7 nitrogen and oxygen atoms in total. The van der Waals surface area contributed by atoms with Gasteiger partial charge in [-0.15, -0.1) is 0 Å². The summed E-state index contributed by atoms with van der Waals surface area (Å²) in [6.45, 7) is 0.611. The van der Waals surface area contributed by atoms with Crippen LogP contribution >= 0.6 is 0 Å². The molecule has 2 amide bonds. The lowest BCUT2D eigenvalue weighted by Gasteiger charge is -2.17. The van der Waals surface area contributed by atoms with E-state index < -0.39 is 5.91 Å². The van der Waals surface area contributed by atoms with Gasteiger partial charge in [-0.25, -0.2) is 4.39 Å². The van der Waals surface area contributed by atoms with Crippen molar-refractivity contribution in [2.75, 3.05) is 20.2 Å². The zero-order chi connectivity index (χ0) is 23.6. The fourth-order valence-electron chi connectivity index (χ4n) is 3.41. The number of likely N-dealkylation sites (N-methyl/N-ethyl adjacent to an activating group) is 1. The number of aromatic nitrogens is 2. The van der Waals surface area contributed by atoms with Crippen LogP contribution in [0.5, 0.6) is 5.75 Å². The van der Waals surface area contributed by atoms with E-state index in [0.717, 1.165) is 48.2 Å². The number of H-pyrrole nitrogens is 1. The number of carbonyl (C=O) groups excluding carboxylic acids is 2. The fourth-order valence-corrected chi connectivity index (χ4v) is 3.41. The number of hydrogen-bond donors (Lipinski definition) is 2. The van der Waals surface area contributed by atoms with Crippen molar-refractivity contribution in [1.82, 2.24) is 15.1 Å². The van der Waals surface area contributed by atoms with E-state index in [1.54, 1.807) is 42.3 Å². The van der Waals surface area contributed by atoms with Gasteiger partial charge in [-0.1, -0.05) is 30.7 Å². The quantitative estimate of drug-likeness (QED) is 0.411. The molecule has 33 heavy (non-hydrogen) atoms. The number of benzene rings is 2. The largest absolute Gasteiger partial charge is 0.484 e. The van der Waals surface area contributed by atoms with Gasteiger partial charge in [0.1, 0.15) is 11.6 Å². The lowest BCUT2D eigenvalue weighted by atomic mass is 10.1. The molecule has 0 bridgehead atoms. The second-order valence-electron chi connectivity index (χ2n) is 7.99. The molecular formula is C25H29FN4O3. The first kappa shape index (κ1) is 24.0. The number of rotatable bonds is 12. The van der Waals surface area contributed by atoms with E-state index in [-0.39, 0.29) is 24.8 Å². The number of halogens is 1. The third kappa shape index (κ3) is 7.75. The highest BCUT2D eigenvalue weighted by Crippen LogP contribution is 2.19. The van der Waals surface area contributed by atoms with Crippen LogP contribution in [0.15, 0.2) is 54.6 Å². The van der Waals surface area contributed by atoms with E-state index in [4.69, 9.17) is 10.5 Å². The van der Waals surface area contributed by atoms with E-state index in [9.17, 15) is 14.0 Å². The molecule has 3 rings (SSSR count). The third-order valence-corrected chi connectivity index (χ3v) is 5.28. The fraction of sp³-hybridized carbons (Fsp3) is 0.320. The summed E-state index contributed by atoms with van der Waals surface area (Å²) in [6.07, 6.45) is 3.83. The molecule has 2 aromatic carbocycles. The van der Waals surface area contributed by atoms with Crippen LogP contribution in [0.3, 0.4) is 0 Å². The zero-order valence-corrected chi connectivity index (χ0v) is 18.7. The second-order valence-corrected chi connectivity index (χ2v) is 7.99. The first-order valence-electron chi connectivity index (χ1n) is 10.9. The number of unbranched alkanes of at least 4 members (excludes halogenated alkanes) is 2. The maximum atomic E-state index is 13.4. The van der Waals surface area contributed by atoms with Gasteiger partial charge < -0.3 is 15.4 Å². The summed E-state index contributed by atoms with van der Waals surface area (Å²) >= 11 is 0. The van der Waals surface area contributed by atoms with Crippen molar-refractivity contribution < 1.29 is 18.7 Å². The highest BCUT2D eigenvalue weighted by Gasteiger charge is 2.10. The van der Waals surface area contributed by atoms with Crippen molar-refractivity contribution in [2.45, 2.75) is 32.1 Å². The van der Waals surface area contributed by atoms with Crippen LogP contribution in [0.25, 0.3) is 11.3 Å². The van der Waals surface area contributed by atoms with E-state index >= 15 is 0 Å². The number of nitrogens with zero attached hydrogens (tertiary/aromatic N) is 2. The summed E-state index contributed by atoms with van der Waals surface area (Å²) in [7, 11) is 1.77. The van der Waals surface area contributed by atoms with Crippen LogP contribution in [0, 0.1) is 5.82 Å². The van der Waals surface area contributed by atoms with Crippen LogP contribution in [-0.4, -0.2) is 47.1 Å². The number of aromatic amines is 1. The number of primary amides is 1. The first-order valence-corrected chi connectivity index (χ1v) is 10.9. The number of hydrogen-bond acceptors (Lipinski definition) is 4. The Bertz CT molecular complexity index is 1070. The molecule has 0 atom stereocenters. The molecule has 1 heterocycles. The van der Waals surface area contributed by atoms with Crippen molar-refractivity contribution in [3.63, 3.8) is 0 Å². The molecule has 8 heteroatoms. The van der Waals surface area contributed by atoms with E-state index in [1.165, 1.54) is 12.1 Å². The average Bonchev–Trinajstić information content (AvgIpc) is 3.26. The van der Waals surface area contributed by atoms with Gasteiger partial charge in [-0.05, 0) is 55.2 Å². The highest BCUT2D eigenvalue weighted by molar-refractivity contribution is 5.77. The van der Waals surface area contributed by atoms with Gasteiger partial charge in [0.15, 0.2) is 6.61 Å². The summed E-state index contributed by atoms with van der Waals surface area (Å²) in [5, 5.41) is 7.27. The Kier molecular flexibility index (Phi) is 8.57. The van der Waals surface area contributed by atoms with E-state index in [2.05, 4.69) is 10.2 Å². The van der Waals surface area contributed by atoms with Crippen molar-refractivity contribution in [3.8, 4) is 17.0 Å². The molecule has 1 aromatic heterocycles. The van der Waals surface area contributed by atoms with Crippen LogP contribution < -0.4 is 10.5 Å². The Morgan fingerprint density at radius 1 is 1.09 bits per heavy atom. The van der Waals surface area contributed by atoms with Crippen LogP contribution in [0.2, 0.25) is 0 Å². The van der Waals surface area contributed by atoms with E-state index in [0.29, 0.717) is 12.3 Å². The lowest BCUT2D eigenvalue weighted by molar-refractivity contribution is -0.132. The van der Waals surface area contributed by atoms with Gasteiger partial charge in [0.2, 0.25) is 5.91 Å². The molecule has 0 saturated carbocycles. The van der Waals surface area contributed by atoms with Crippen LogP contribution in [-0.2, 0) is 22.4 Å². The number of nitrogens with two attached hydrogens (primary N) is 1. The van der Waals surface area contributed by atoms with Crippen molar-refractivity contribution in [2.24, 2.45) is 5.73 Å². The summed E-state index contributed by atoms with van der Waals surface area (Å²) in [4.78, 5) is 24.9. The molecule has 3 N–H and O–H groups in total. The van der Waals surface area contributed by atoms with Gasteiger partial charge in [0, 0.05) is 24.8 Å². The summed E-state index contributed by atoms with van der Waals surface area (Å²) in [5.74, 6) is -0.190. The van der Waals surface area contributed by atoms with E-state index in [1.807, 2.05) is 12.1 Å². The Labute approximate surface area is 192 Å². The molecule has 0 fully saturated rings. The minimum atomic E-state index is -0.390. The maximum Gasteiger partial charge on any atom is 0.260 e. The Morgan fingerprint density at radius 3 is 2.61 bits per heavy atom. The predicted molar refractivity (Wildman–Crippen MR) is 124 cm³/mol. The molecule has 0 saturated heterocycles. The molecule has 0 aliphatic carbocycles. The second kappa shape index (κ2) is 11.8. The molecular weight excluding hydrogens is 423 g/mol. The van der Waals surface area contributed by atoms with Gasteiger partial charge >= 0.3 is 0 Å². The normalized spacial score (nSPS) is 10.7. The third-order valence-electron chi connectivity index (χ3n) is 5.28. The first-order chi connectivity index (χ1) is 15.9. The SMILES string of the molecule is CN(CCCCCc1cc(-c2cccc(F)c2)n[nH]1)C(=O)COc1ccc(CC(N)=O)cc1. The summed E-state index contributed by atoms with van der Waals surface area (Å²) < 4.78 is 18.9. The van der Waals surface area contributed by atoms with Gasteiger partial charge in [-0.3, -0.25) is 14.7 Å². The van der Waals surface area contributed by atoms with Gasteiger partial charge in [0.25, 0.3) is 5.91 Å². The Hall–Kier alpha value is -3.68. The summed E-state index contributed by atoms with van der Waals surface area (Å²) in [5.41, 5.74) is 8.47. The average molecular weight is 453 g/mol. The van der Waals surface area contributed by atoms with Crippen LogP contribution in [0.4, 0.5) is 4.39 Å². The molecule has 0 aliphatic rings. The molecule has 0 radical (unpaired) electrons. The van der Waals surface area contributed by atoms with Crippen LogP contribution in [0.1, 0.15) is 30.5 Å². The monoisotopic (exact) mass is 452 g/mol. The van der Waals surface area contributed by atoms with Gasteiger partial charge in [0.05, 0.1) is 12.1 Å². The van der Waals surface area contributed by atoms with Gasteiger partial charge in [-0.2, -0.15) is 5.10 Å². The van der Waals surface area contributed by atoms with Crippen molar-refractivity contribution in [3.05, 3.63) is 71.7 Å². The topological polar surface area (TPSA) is 101 Å². The predicted octanol–water partition coefficient (Wildman–Crippen LogP) is 3.49. The smallest absolute Gasteiger partial charge is 0.260 e. The standard InChI is InChI=1S/C25H29FN4O3/c1-30(25(32)17-33-22-11-9-18(10-12-22)14-24(27)31)13-4-2-3-8-21-16-23(29-28-21)19-6-5-7-20(26)15-19/h5-7,9-12,15-16H,2-4,8,13-14,17H2,1H3,(H2,27,31)(H,28,29). The molecule has 3 aromatic rings. The Balaban J connectivity index is 1.32. The number of ether oxygens (including phenoxy) is 1. The maximum absolute atomic E-state index is 13.4. The van der Waals surface area contributed by atoms with Crippen molar-refractivity contribution in [1.29, 1.82) is 0 Å². The number of carbonyl (C=O) groups is 2. The Morgan fingerprint density at radius 2 is 1.88 bits per heavy atom. The summed E-state index contributed by atoms with van der Waals surface area (Å²) in [6, 6.07) is 15.3. The zero-order valence-electron chi connectivity index (χ0n) is 18.7. The number of nitrogens with one attached hydrogen (secondary N) is 1. The van der Waals surface area contributed by atoms with Crippen molar-refractivity contribution >= 4 is 11.8 Å². The minimum absolute atomic E-state index is 0.0390.